The molecule has 1 saturated carbocycles. The summed E-state index contributed by atoms with van der Waals surface area (Å²) in [5.74, 6) is -0.745. The molecule has 4 rings (SSSR count). The van der Waals surface area contributed by atoms with E-state index in [4.69, 9.17) is 0 Å². The predicted octanol–water partition coefficient (Wildman–Crippen LogP) is 3.61. The van der Waals surface area contributed by atoms with Crippen LogP contribution in [0.4, 0.5) is 5.69 Å². The highest BCUT2D eigenvalue weighted by Gasteiger charge is 2.28. The molecule has 0 heterocycles. The summed E-state index contributed by atoms with van der Waals surface area (Å²) in [6.45, 7) is 0. The van der Waals surface area contributed by atoms with Crippen molar-refractivity contribution in [3.8, 4) is 0 Å². The van der Waals surface area contributed by atoms with Crippen LogP contribution in [-0.2, 0) is 10.0 Å². The number of carbonyl (C=O) groups is 2. The Morgan fingerprint density at radius 2 is 1.47 bits per heavy atom. The third-order valence-electron chi connectivity index (χ3n) is 4.75. The molecule has 0 bridgehead atoms. The third-order valence-corrected chi connectivity index (χ3v) is 6.27. The molecule has 0 atom stereocenters. The van der Waals surface area contributed by atoms with Gasteiger partial charge >= 0.3 is 0 Å². The quantitative estimate of drug-likeness (QED) is 0.571. The molecule has 0 saturated heterocycles. The van der Waals surface area contributed by atoms with Crippen molar-refractivity contribution in [2.24, 2.45) is 0 Å². The van der Waals surface area contributed by atoms with Crippen LogP contribution < -0.4 is 10.0 Å². The molecule has 1 fully saturated rings. The van der Waals surface area contributed by atoms with Crippen LogP contribution in [0.25, 0.3) is 0 Å². The molecule has 0 spiro atoms. The van der Waals surface area contributed by atoms with Crippen LogP contribution in [0.1, 0.15) is 39.1 Å². The molecule has 1 amide bonds. The van der Waals surface area contributed by atoms with Gasteiger partial charge in [0.1, 0.15) is 0 Å². The van der Waals surface area contributed by atoms with Gasteiger partial charge in [-0.05, 0) is 37.1 Å². The van der Waals surface area contributed by atoms with Crippen LogP contribution in [0.5, 0.6) is 0 Å². The van der Waals surface area contributed by atoms with E-state index in [0.29, 0.717) is 11.3 Å². The second kappa shape index (κ2) is 8.22. The summed E-state index contributed by atoms with van der Waals surface area (Å²) < 4.78 is 27.5. The zero-order valence-electron chi connectivity index (χ0n) is 16.0. The van der Waals surface area contributed by atoms with Crippen molar-refractivity contribution in [2.45, 2.75) is 23.8 Å². The Labute approximate surface area is 175 Å². The van der Waals surface area contributed by atoms with Gasteiger partial charge in [0.15, 0.2) is 5.78 Å². The molecule has 7 heteroatoms. The van der Waals surface area contributed by atoms with E-state index in [1.54, 1.807) is 60.7 Å². The highest BCUT2D eigenvalue weighted by atomic mass is 32.2. The lowest BCUT2D eigenvalue weighted by molar-refractivity contribution is 0.0996. The van der Waals surface area contributed by atoms with Crippen molar-refractivity contribution in [1.82, 2.24) is 4.72 Å². The van der Waals surface area contributed by atoms with Crippen LogP contribution in [0.3, 0.4) is 0 Å². The molecule has 3 aromatic rings. The first-order valence-corrected chi connectivity index (χ1v) is 11.0. The first-order valence-electron chi connectivity index (χ1n) is 9.56. The average molecular weight is 420 g/mol. The molecule has 6 nitrogen and oxygen atoms in total. The summed E-state index contributed by atoms with van der Waals surface area (Å²) in [6, 6.07) is 21.3. The molecule has 3 aromatic carbocycles. The normalized spacial score (nSPS) is 13.6. The van der Waals surface area contributed by atoms with Crippen molar-refractivity contribution < 1.29 is 18.0 Å². The minimum Gasteiger partial charge on any atom is -0.322 e. The first-order chi connectivity index (χ1) is 14.4. The lowest BCUT2D eigenvalue weighted by Crippen LogP contribution is -2.25. The molecule has 0 radical (unpaired) electrons. The number of hydrogen-bond acceptors (Lipinski definition) is 4. The van der Waals surface area contributed by atoms with E-state index in [1.165, 1.54) is 12.1 Å². The number of anilines is 1. The third kappa shape index (κ3) is 4.48. The summed E-state index contributed by atoms with van der Waals surface area (Å²) in [6.07, 6.45) is 1.67. The first kappa shape index (κ1) is 20.0. The molecular formula is C23H20N2O4S. The van der Waals surface area contributed by atoms with Crippen LogP contribution in [0.15, 0.2) is 83.8 Å². The number of ketones is 1. The van der Waals surface area contributed by atoms with E-state index in [0.717, 1.165) is 12.8 Å². The van der Waals surface area contributed by atoms with Crippen LogP contribution in [0.2, 0.25) is 0 Å². The maximum Gasteiger partial charge on any atom is 0.256 e. The number of sulfonamides is 1. The zero-order valence-corrected chi connectivity index (χ0v) is 16.9. The standard InChI is InChI=1S/C23H20N2O4S/c26-22(16-7-2-1-3-8-16)20-11-4-5-12-21(20)23(27)24-18-9-6-10-19(15-18)30(28,29)25-17-13-14-17/h1-12,15,17,25H,13-14H2,(H,24,27). The van der Waals surface area contributed by atoms with Gasteiger partial charge in [-0.3, -0.25) is 9.59 Å². The van der Waals surface area contributed by atoms with Gasteiger partial charge in [-0.15, -0.1) is 0 Å². The maximum atomic E-state index is 12.9. The molecule has 0 unspecified atom stereocenters. The fourth-order valence-corrected chi connectivity index (χ4v) is 4.40. The number of carbonyl (C=O) groups excluding carboxylic acids is 2. The Hall–Kier alpha value is -3.29. The van der Waals surface area contributed by atoms with Crippen molar-refractivity contribution in [3.63, 3.8) is 0 Å². The predicted molar refractivity (Wildman–Crippen MR) is 114 cm³/mol. The maximum absolute atomic E-state index is 12.9. The van der Waals surface area contributed by atoms with Gasteiger partial charge in [-0.25, -0.2) is 13.1 Å². The van der Waals surface area contributed by atoms with Crippen LogP contribution in [-0.4, -0.2) is 26.2 Å². The number of nitrogens with one attached hydrogen (secondary N) is 2. The van der Waals surface area contributed by atoms with E-state index >= 15 is 0 Å². The number of amides is 1. The van der Waals surface area contributed by atoms with Crippen molar-refractivity contribution in [1.29, 1.82) is 0 Å². The Kier molecular flexibility index (Phi) is 5.48. The van der Waals surface area contributed by atoms with Gasteiger partial charge in [0, 0.05) is 22.9 Å². The molecule has 152 valence electrons. The summed E-state index contributed by atoms with van der Waals surface area (Å²) in [5, 5.41) is 2.70. The molecule has 30 heavy (non-hydrogen) atoms. The lowest BCUT2D eigenvalue weighted by Gasteiger charge is -2.11. The second-order valence-electron chi connectivity index (χ2n) is 7.12. The highest BCUT2D eigenvalue weighted by Crippen LogP contribution is 2.24. The van der Waals surface area contributed by atoms with Gasteiger partial charge in [-0.2, -0.15) is 0 Å². The Balaban J connectivity index is 1.58. The molecule has 0 aromatic heterocycles. The van der Waals surface area contributed by atoms with E-state index < -0.39 is 15.9 Å². The Morgan fingerprint density at radius 3 is 2.17 bits per heavy atom. The fourth-order valence-electron chi connectivity index (χ4n) is 3.05. The fraction of sp³-hybridized carbons (Fsp3) is 0.130. The summed E-state index contributed by atoms with van der Waals surface area (Å²) in [4.78, 5) is 25.8. The molecule has 0 aliphatic heterocycles. The Bertz CT molecular complexity index is 1200. The summed E-state index contributed by atoms with van der Waals surface area (Å²) >= 11 is 0. The van der Waals surface area contributed by atoms with Crippen LogP contribution >= 0.6 is 0 Å². The van der Waals surface area contributed by atoms with Gasteiger partial charge < -0.3 is 5.32 Å². The highest BCUT2D eigenvalue weighted by molar-refractivity contribution is 7.89. The molecule has 1 aliphatic rings. The van der Waals surface area contributed by atoms with Crippen molar-refractivity contribution >= 4 is 27.4 Å². The van der Waals surface area contributed by atoms with E-state index in [-0.39, 0.29) is 27.8 Å². The van der Waals surface area contributed by atoms with E-state index in [2.05, 4.69) is 10.0 Å². The molecule has 2 N–H and O–H groups in total. The van der Waals surface area contributed by atoms with Gasteiger partial charge in [0.2, 0.25) is 10.0 Å². The van der Waals surface area contributed by atoms with Crippen molar-refractivity contribution in [2.75, 3.05) is 5.32 Å². The molecular weight excluding hydrogens is 400 g/mol. The summed E-state index contributed by atoms with van der Waals surface area (Å²) in [5.41, 5.74) is 1.31. The van der Waals surface area contributed by atoms with Gasteiger partial charge in [-0.1, -0.05) is 54.6 Å². The lowest BCUT2D eigenvalue weighted by atomic mass is 9.98. The average Bonchev–Trinajstić information content (AvgIpc) is 3.57. The van der Waals surface area contributed by atoms with E-state index in [1.807, 2.05) is 6.07 Å². The largest absolute Gasteiger partial charge is 0.322 e. The topological polar surface area (TPSA) is 92.3 Å². The molecule has 1 aliphatic carbocycles. The summed E-state index contributed by atoms with van der Waals surface area (Å²) in [7, 11) is -3.63. The van der Waals surface area contributed by atoms with Crippen molar-refractivity contribution in [3.05, 3.63) is 95.6 Å². The number of hydrogen-bond donors (Lipinski definition) is 2. The number of benzene rings is 3. The van der Waals surface area contributed by atoms with Gasteiger partial charge in [0.05, 0.1) is 10.5 Å². The SMILES string of the molecule is O=C(Nc1cccc(S(=O)(=O)NC2CC2)c1)c1ccccc1C(=O)c1ccccc1. The smallest absolute Gasteiger partial charge is 0.256 e. The van der Waals surface area contributed by atoms with Crippen LogP contribution in [0, 0.1) is 0 Å². The van der Waals surface area contributed by atoms with Gasteiger partial charge in [0.25, 0.3) is 5.91 Å². The Morgan fingerprint density at radius 1 is 0.800 bits per heavy atom. The van der Waals surface area contributed by atoms with E-state index in [9.17, 15) is 18.0 Å². The second-order valence-corrected chi connectivity index (χ2v) is 8.83. The monoisotopic (exact) mass is 420 g/mol. The minimum atomic E-state index is -3.63. The number of rotatable bonds is 7. The zero-order chi connectivity index (χ0) is 21.1. The minimum absolute atomic E-state index is 0.0101.